The summed E-state index contributed by atoms with van der Waals surface area (Å²) >= 11 is 0. The highest BCUT2D eigenvalue weighted by molar-refractivity contribution is 7.92. The molecule has 0 heterocycles. The predicted octanol–water partition coefficient (Wildman–Crippen LogP) is 3.24. The Morgan fingerprint density at radius 3 is 2.11 bits per heavy atom. The molecule has 0 bridgehead atoms. The molecular formula is C25H27N3O6S. The number of methoxy groups -OCH3 is 1. The van der Waals surface area contributed by atoms with Crippen LogP contribution in [0.4, 0.5) is 11.4 Å². The highest BCUT2D eigenvalue weighted by Gasteiger charge is 2.24. The first-order valence-corrected chi connectivity index (χ1v) is 12.0. The Morgan fingerprint density at radius 2 is 1.51 bits per heavy atom. The average molecular weight is 498 g/mol. The van der Waals surface area contributed by atoms with E-state index in [0.717, 1.165) is 4.31 Å². The zero-order valence-corrected chi connectivity index (χ0v) is 20.7. The summed E-state index contributed by atoms with van der Waals surface area (Å²) in [5.41, 5.74) is 1.21. The predicted molar refractivity (Wildman–Crippen MR) is 134 cm³/mol. The maximum absolute atomic E-state index is 13.1. The minimum absolute atomic E-state index is 0.0382. The van der Waals surface area contributed by atoms with Gasteiger partial charge in [-0.25, -0.2) is 8.42 Å². The number of hydrogen-bond donors (Lipinski definition) is 1. The van der Waals surface area contributed by atoms with Gasteiger partial charge in [0.15, 0.2) is 6.61 Å². The van der Waals surface area contributed by atoms with Crippen LogP contribution in [0.3, 0.4) is 0 Å². The number of benzene rings is 3. The average Bonchev–Trinajstić information content (AvgIpc) is 2.87. The van der Waals surface area contributed by atoms with Gasteiger partial charge in [0.2, 0.25) is 0 Å². The minimum Gasteiger partial charge on any atom is -0.495 e. The number of hydrogen-bond acceptors (Lipinski definition) is 6. The van der Waals surface area contributed by atoms with Crippen LogP contribution in [0.25, 0.3) is 0 Å². The van der Waals surface area contributed by atoms with Crippen molar-refractivity contribution in [3.63, 3.8) is 0 Å². The van der Waals surface area contributed by atoms with Gasteiger partial charge in [0.1, 0.15) is 11.5 Å². The van der Waals surface area contributed by atoms with Gasteiger partial charge in [0.05, 0.1) is 17.7 Å². The molecular weight excluding hydrogens is 470 g/mol. The van der Waals surface area contributed by atoms with Crippen LogP contribution in [0.1, 0.15) is 10.4 Å². The third kappa shape index (κ3) is 6.10. The second kappa shape index (κ2) is 10.9. The van der Waals surface area contributed by atoms with Gasteiger partial charge in [0, 0.05) is 32.4 Å². The van der Waals surface area contributed by atoms with Crippen molar-refractivity contribution in [3.05, 3.63) is 78.4 Å². The number of anilines is 2. The Balaban J connectivity index is 1.67. The second-order valence-corrected chi connectivity index (χ2v) is 9.69. The summed E-state index contributed by atoms with van der Waals surface area (Å²) in [6.45, 7) is -0.0831. The fourth-order valence-electron chi connectivity index (χ4n) is 3.07. The highest BCUT2D eigenvalue weighted by Crippen LogP contribution is 2.31. The largest absolute Gasteiger partial charge is 0.495 e. The number of para-hydroxylation sites is 2. The Hall–Kier alpha value is -4.05. The van der Waals surface area contributed by atoms with E-state index >= 15 is 0 Å². The molecule has 2 amide bonds. The van der Waals surface area contributed by atoms with Crippen molar-refractivity contribution >= 4 is 33.2 Å². The van der Waals surface area contributed by atoms with Crippen molar-refractivity contribution in [2.75, 3.05) is 44.5 Å². The first kappa shape index (κ1) is 25.6. The SMILES string of the molecule is COc1ccccc1N(C)S(=O)(=O)c1ccc(C(=O)Nc2ccc(OCC(=O)N(C)C)cc2)cc1. The summed E-state index contributed by atoms with van der Waals surface area (Å²) in [5, 5.41) is 2.74. The molecule has 0 radical (unpaired) electrons. The molecule has 9 nitrogen and oxygen atoms in total. The third-order valence-electron chi connectivity index (χ3n) is 5.17. The lowest BCUT2D eigenvalue weighted by molar-refractivity contribution is -0.130. The van der Waals surface area contributed by atoms with Crippen molar-refractivity contribution in [1.82, 2.24) is 4.90 Å². The lowest BCUT2D eigenvalue weighted by Crippen LogP contribution is -2.27. The number of amides is 2. The van der Waals surface area contributed by atoms with Crippen molar-refractivity contribution < 1.29 is 27.5 Å². The van der Waals surface area contributed by atoms with Crippen LogP contribution in [0.15, 0.2) is 77.7 Å². The molecule has 0 aliphatic rings. The molecule has 10 heteroatoms. The number of nitrogens with one attached hydrogen (secondary N) is 1. The molecule has 3 rings (SSSR count). The van der Waals surface area contributed by atoms with Crippen molar-refractivity contribution in [1.29, 1.82) is 0 Å². The number of rotatable bonds is 9. The molecule has 184 valence electrons. The topological polar surface area (TPSA) is 105 Å². The van der Waals surface area contributed by atoms with E-state index in [-0.39, 0.29) is 17.4 Å². The van der Waals surface area contributed by atoms with Gasteiger partial charge in [-0.05, 0) is 60.7 Å². The summed E-state index contributed by atoms with van der Waals surface area (Å²) in [4.78, 5) is 25.7. The van der Waals surface area contributed by atoms with Gasteiger partial charge in [-0.15, -0.1) is 0 Å². The van der Waals surface area contributed by atoms with Crippen LogP contribution >= 0.6 is 0 Å². The summed E-state index contributed by atoms with van der Waals surface area (Å²) in [7, 11) is 2.33. The van der Waals surface area contributed by atoms with E-state index in [1.807, 2.05) is 0 Å². The van der Waals surface area contributed by atoms with Crippen LogP contribution in [0.2, 0.25) is 0 Å². The summed E-state index contributed by atoms with van der Waals surface area (Å²) in [6.07, 6.45) is 0. The Bertz CT molecular complexity index is 1290. The van der Waals surface area contributed by atoms with Crippen LogP contribution in [-0.2, 0) is 14.8 Å². The number of nitrogens with zero attached hydrogens (tertiary/aromatic N) is 2. The highest BCUT2D eigenvalue weighted by atomic mass is 32.2. The molecule has 1 N–H and O–H groups in total. The van der Waals surface area contributed by atoms with E-state index in [4.69, 9.17) is 9.47 Å². The smallest absolute Gasteiger partial charge is 0.264 e. The van der Waals surface area contributed by atoms with Crippen molar-refractivity contribution in [2.45, 2.75) is 4.90 Å². The fourth-order valence-corrected chi connectivity index (χ4v) is 4.27. The molecule has 0 atom stereocenters. The van der Waals surface area contributed by atoms with Crippen LogP contribution in [0, 0.1) is 0 Å². The molecule has 0 unspecified atom stereocenters. The molecule has 3 aromatic rings. The lowest BCUT2D eigenvalue weighted by atomic mass is 10.2. The molecule has 35 heavy (non-hydrogen) atoms. The van der Waals surface area contributed by atoms with Gasteiger partial charge in [0.25, 0.3) is 21.8 Å². The van der Waals surface area contributed by atoms with E-state index in [0.29, 0.717) is 28.4 Å². The van der Waals surface area contributed by atoms with Crippen LogP contribution < -0.4 is 19.1 Å². The normalized spacial score (nSPS) is 10.9. The molecule has 3 aromatic carbocycles. The van der Waals surface area contributed by atoms with Gasteiger partial charge < -0.3 is 19.7 Å². The summed E-state index contributed by atoms with van der Waals surface area (Å²) in [5.74, 6) is 0.354. The number of sulfonamides is 1. The van der Waals surface area contributed by atoms with E-state index < -0.39 is 15.9 Å². The number of carbonyl (C=O) groups is 2. The molecule has 0 aromatic heterocycles. The third-order valence-corrected chi connectivity index (χ3v) is 6.96. The van der Waals surface area contributed by atoms with Crippen LogP contribution in [0.5, 0.6) is 11.5 Å². The monoisotopic (exact) mass is 497 g/mol. The molecule has 0 aliphatic heterocycles. The summed E-state index contributed by atoms with van der Waals surface area (Å²) in [6, 6.07) is 19.0. The lowest BCUT2D eigenvalue weighted by Gasteiger charge is -2.21. The zero-order valence-electron chi connectivity index (χ0n) is 19.9. The van der Waals surface area contributed by atoms with E-state index in [1.54, 1.807) is 62.6 Å². The fraction of sp³-hybridized carbons (Fsp3) is 0.200. The standard InChI is InChI=1S/C25H27N3O6S/c1-27(2)24(29)17-34-20-13-11-19(12-14-20)26-25(30)18-9-15-21(16-10-18)35(31,32)28(3)22-7-5-6-8-23(22)33-4/h5-16H,17H2,1-4H3,(H,26,30). The number of carbonyl (C=O) groups excluding carboxylic acids is 2. The first-order chi connectivity index (χ1) is 16.6. The van der Waals surface area contributed by atoms with Crippen molar-refractivity contribution in [2.24, 2.45) is 0 Å². The van der Waals surface area contributed by atoms with Gasteiger partial charge in [-0.3, -0.25) is 13.9 Å². The maximum Gasteiger partial charge on any atom is 0.264 e. The minimum atomic E-state index is -3.87. The molecule has 0 spiro atoms. The maximum atomic E-state index is 13.1. The molecule has 0 aliphatic carbocycles. The number of ether oxygens (including phenoxy) is 2. The second-order valence-electron chi connectivity index (χ2n) is 7.72. The Labute approximate surface area is 204 Å². The van der Waals surface area contributed by atoms with Gasteiger partial charge in [-0.1, -0.05) is 12.1 Å². The van der Waals surface area contributed by atoms with E-state index in [9.17, 15) is 18.0 Å². The quantitative estimate of drug-likeness (QED) is 0.487. The Morgan fingerprint density at radius 1 is 0.886 bits per heavy atom. The number of likely N-dealkylation sites (N-methyl/N-ethyl adjacent to an activating group) is 1. The summed E-state index contributed by atoms with van der Waals surface area (Å²) < 4.78 is 38.0. The molecule has 0 fully saturated rings. The molecule has 0 saturated heterocycles. The molecule has 0 saturated carbocycles. The van der Waals surface area contributed by atoms with E-state index in [2.05, 4.69) is 5.32 Å². The van der Waals surface area contributed by atoms with Gasteiger partial charge in [-0.2, -0.15) is 0 Å². The Kier molecular flexibility index (Phi) is 7.98. The first-order valence-electron chi connectivity index (χ1n) is 10.6. The zero-order chi connectivity index (χ0) is 25.6. The van der Waals surface area contributed by atoms with Crippen LogP contribution in [-0.4, -0.2) is 60.0 Å². The van der Waals surface area contributed by atoms with Crippen molar-refractivity contribution in [3.8, 4) is 11.5 Å². The van der Waals surface area contributed by atoms with E-state index in [1.165, 1.54) is 43.3 Å². The van der Waals surface area contributed by atoms with Gasteiger partial charge >= 0.3 is 0 Å².